The van der Waals surface area contributed by atoms with E-state index in [-0.39, 0.29) is 34.5 Å². The lowest BCUT2D eigenvalue weighted by Gasteiger charge is -2.38. The van der Waals surface area contributed by atoms with Crippen molar-refractivity contribution in [3.8, 4) is 0 Å². The van der Waals surface area contributed by atoms with Gasteiger partial charge in [-0.25, -0.2) is 0 Å². The first-order valence-electron chi connectivity index (χ1n) is 10.4. The largest absolute Gasteiger partial charge is 0.377 e. The first kappa shape index (κ1) is 20.3. The Morgan fingerprint density at radius 1 is 1.09 bits per heavy atom. The zero-order chi connectivity index (χ0) is 22.2. The number of carbonyl (C=O) groups excluding carboxylic acids is 1. The third kappa shape index (κ3) is 3.52. The van der Waals surface area contributed by atoms with Gasteiger partial charge in [0, 0.05) is 17.7 Å². The number of para-hydroxylation sites is 2. The monoisotopic (exact) mass is 445 g/mol. The van der Waals surface area contributed by atoms with Crippen molar-refractivity contribution in [1.82, 2.24) is 0 Å². The van der Waals surface area contributed by atoms with E-state index >= 15 is 0 Å². The minimum absolute atomic E-state index is 0.110. The maximum absolute atomic E-state index is 13.1. The van der Waals surface area contributed by atoms with E-state index < -0.39 is 4.92 Å². The molecule has 32 heavy (non-hydrogen) atoms. The Balaban J connectivity index is 1.55. The molecule has 2 aliphatic rings. The summed E-state index contributed by atoms with van der Waals surface area (Å²) in [7, 11) is 0. The number of amides is 1. The summed E-state index contributed by atoms with van der Waals surface area (Å²) in [6, 6.07) is 19.8. The van der Waals surface area contributed by atoms with Gasteiger partial charge in [-0.1, -0.05) is 60.2 Å². The first-order chi connectivity index (χ1) is 15.5. The molecule has 6 nitrogen and oxygen atoms in total. The van der Waals surface area contributed by atoms with Gasteiger partial charge in [0.1, 0.15) is 5.02 Å². The summed E-state index contributed by atoms with van der Waals surface area (Å²) in [4.78, 5) is 24.1. The van der Waals surface area contributed by atoms with Crippen molar-refractivity contribution in [2.45, 2.75) is 18.4 Å². The van der Waals surface area contributed by atoms with Crippen molar-refractivity contribution in [1.29, 1.82) is 0 Å². The molecule has 160 valence electrons. The highest BCUT2D eigenvalue weighted by atomic mass is 35.5. The molecule has 1 amide bonds. The molecule has 7 heteroatoms. The van der Waals surface area contributed by atoms with Crippen LogP contribution in [-0.2, 0) is 0 Å². The Kier molecular flexibility index (Phi) is 5.15. The van der Waals surface area contributed by atoms with E-state index in [1.165, 1.54) is 6.07 Å². The molecule has 3 aromatic rings. The summed E-state index contributed by atoms with van der Waals surface area (Å²) in [5, 5.41) is 18.0. The molecular weight excluding hydrogens is 426 g/mol. The van der Waals surface area contributed by atoms with E-state index in [4.69, 9.17) is 11.6 Å². The summed E-state index contributed by atoms with van der Waals surface area (Å²) in [5.74, 6) is 0.105. The molecule has 0 aromatic heterocycles. The first-order valence-corrected chi connectivity index (χ1v) is 10.8. The van der Waals surface area contributed by atoms with Crippen LogP contribution < -0.4 is 10.6 Å². The minimum atomic E-state index is -0.467. The van der Waals surface area contributed by atoms with Crippen molar-refractivity contribution in [2.75, 3.05) is 10.6 Å². The highest BCUT2D eigenvalue weighted by Gasteiger charge is 2.39. The van der Waals surface area contributed by atoms with E-state index in [1.54, 1.807) is 12.1 Å². The lowest BCUT2D eigenvalue weighted by Crippen LogP contribution is -2.31. The van der Waals surface area contributed by atoms with Gasteiger partial charge in [0.25, 0.3) is 11.6 Å². The fourth-order valence-electron chi connectivity index (χ4n) is 4.72. The van der Waals surface area contributed by atoms with Gasteiger partial charge in [-0.2, -0.15) is 0 Å². The van der Waals surface area contributed by atoms with E-state index in [0.29, 0.717) is 5.56 Å². The van der Waals surface area contributed by atoms with Gasteiger partial charge in [0.2, 0.25) is 0 Å². The number of nitro groups is 1. The second kappa shape index (κ2) is 8.13. The van der Waals surface area contributed by atoms with Crippen molar-refractivity contribution in [3.63, 3.8) is 0 Å². The van der Waals surface area contributed by atoms with Crippen LogP contribution in [0.3, 0.4) is 0 Å². The zero-order valence-corrected chi connectivity index (χ0v) is 17.8. The summed E-state index contributed by atoms with van der Waals surface area (Å²) < 4.78 is 0. The molecule has 1 aliphatic heterocycles. The van der Waals surface area contributed by atoms with Gasteiger partial charge in [0.05, 0.1) is 22.2 Å². The molecule has 0 saturated carbocycles. The Morgan fingerprint density at radius 2 is 1.91 bits per heavy atom. The van der Waals surface area contributed by atoms with Crippen LogP contribution in [0.25, 0.3) is 0 Å². The quantitative estimate of drug-likeness (QED) is 0.279. The number of allylic oxidation sites excluding steroid dienone is 2. The van der Waals surface area contributed by atoms with Crippen LogP contribution in [0.1, 0.15) is 39.9 Å². The normalized spacial score (nSPS) is 20.7. The standard InChI is InChI=1S/C25H20ClN3O3/c26-21-13-12-15(14-22(21)29(31)32)23-18-9-4-8-17(18)19-10-5-11-20(24(19)28-23)25(30)27-16-6-2-1-3-7-16/h1-8,10-14,17-18,23,28H,9H2,(H,27,30). The third-order valence-electron chi connectivity index (χ3n) is 6.20. The summed E-state index contributed by atoms with van der Waals surface area (Å²) in [6.45, 7) is 0. The zero-order valence-electron chi connectivity index (χ0n) is 17.0. The third-order valence-corrected chi connectivity index (χ3v) is 6.52. The van der Waals surface area contributed by atoms with Gasteiger partial charge in [-0.3, -0.25) is 14.9 Å². The Labute approximate surface area is 190 Å². The summed E-state index contributed by atoms with van der Waals surface area (Å²) >= 11 is 6.04. The molecular formula is C25H20ClN3O3. The van der Waals surface area contributed by atoms with Crippen LogP contribution in [0, 0.1) is 16.0 Å². The number of halogens is 1. The molecule has 3 unspecified atom stereocenters. The average molecular weight is 446 g/mol. The molecule has 0 bridgehead atoms. The van der Waals surface area contributed by atoms with Crippen molar-refractivity contribution < 1.29 is 9.72 Å². The second-order valence-electron chi connectivity index (χ2n) is 8.03. The molecule has 1 aliphatic carbocycles. The number of nitro benzene ring substituents is 1. The number of anilines is 2. The maximum atomic E-state index is 13.1. The highest BCUT2D eigenvalue weighted by molar-refractivity contribution is 6.32. The topological polar surface area (TPSA) is 84.3 Å². The van der Waals surface area contributed by atoms with E-state index in [2.05, 4.69) is 22.8 Å². The summed E-state index contributed by atoms with van der Waals surface area (Å²) in [6.07, 6.45) is 5.15. The molecule has 1 heterocycles. The number of rotatable bonds is 4. The second-order valence-corrected chi connectivity index (χ2v) is 8.44. The van der Waals surface area contributed by atoms with Crippen molar-refractivity contribution >= 4 is 34.6 Å². The predicted octanol–water partition coefficient (Wildman–Crippen LogP) is 6.33. The number of fused-ring (bicyclic) bond motifs is 3. The molecule has 0 fully saturated rings. The van der Waals surface area contributed by atoms with Crippen molar-refractivity contribution in [2.24, 2.45) is 5.92 Å². The molecule has 5 rings (SSSR count). The maximum Gasteiger partial charge on any atom is 0.288 e. The minimum Gasteiger partial charge on any atom is -0.377 e. The van der Waals surface area contributed by atoms with Crippen LogP contribution in [0.2, 0.25) is 5.02 Å². The van der Waals surface area contributed by atoms with E-state index in [9.17, 15) is 14.9 Å². The summed E-state index contributed by atoms with van der Waals surface area (Å²) in [5.41, 5.74) is 3.74. The molecule has 0 spiro atoms. The molecule has 3 aromatic carbocycles. The number of nitrogens with one attached hydrogen (secondary N) is 2. The fraction of sp³-hybridized carbons (Fsp3) is 0.160. The Morgan fingerprint density at radius 3 is 2.69 bits per heavy atom. The van der Waals surface area contributed by atoms with Crippen LogP contribution >= 0.6 is 11.6 Å². The van der Waals surface area contributed by atoms with Crippen LogP contribution in [0.15, 0.2) is 78.9 Å². The van der Waals surface area contributed by atoms with Gasteiger partial charge in [-0.05, 0) is 47.7 Å². The number of hydrogen-bond acceptors (Lipinski definition) is 4. The lowest BCUT2D eigenvalue weighted by molar-refractivity contribution is -0.384. The SMILES string of the molecule is O=C(Nc1ccccc1)c1cccc2c1NC(c1ccc(Cl)c([N+](=O)[O-])c1)C1CC=CC21. The Hall–Kier alpha value is -3.64. The van der Waals surface area contributed by atoms with Crippen molar-refractivity contribution in [3.05, 3.63) is 111 Å². The number of carbonyl (C=O) groups is 1. The smallest absolute Gasteiger partial charge is 0.288 e. The van der Waals surface area contributed by atoms with Gasteiger partial charge in [-0.15, -0.1) is 0 Å². The fourth-order valence-corrected chi connectivity index (χ4v) is 4.91. The van der Waals surface area contributed by atoms with Gasteiger partial charge < -0.3 is 10.6 Å². The highest BCUT2D eigenvalue weighted by Crippen LogP contribution is 2.51. The van der Waals surface area contributed by atoms with Gasteiger partial charge in [0.15, 0.2) is 0 Å². The van der Waals surface area contributed by atoms with Crippen LogP contribution in [-0.4, -0.2) is 10.8 Å². The van der Waals surface area contributed by atoms with Gasteiger partial charge >= 0.3 is 0 Å². The number of nitrogens with zero attached hydrogens (tertiary/aromatic N) is 1. The molecule has 0 saturated heterocycles. The molecule has 0 radical (unpaired) electrons. The van der Waals surface area contributed by atoms with E-state index in [0.717, 1.165) is 28.9 Å². The number of benzene rings is 3. The molecule has 2 N–H and O–H groups in total. The molecule has 3 atom stereocenters. The average Bonchev–Trinajstić information content (AvgIpc) is 3.29. The van der Waals surface area contributed by atoms with Crippen LogP contribution in [0.5, 0.6) is 0 Å². The van der Waals surface area contributed by atoms with E-state index in [1.807, 2.05) is 48.5 Å². The number of hydrogen-bond donors (Lipinski definition) is 2. The van der Waals surface area contributed by atoms with Crippen LogP contribution in [0.4, 0.5) is 17.1 Å². The predicted molar refractivity (Wildman–Crippen MR) is 125 cm³/mol. The Bertz CT molecular complexity index is 1240. The lowest BCUT2D eigenvalue weighted by atomic mass is 9.76.